The van der Waals surface area contributed by atoms with Crippen molar-refractivity contribution in [3.63, 3.8) is 0 Å². The predicted octanol–water partition coefficient (Wildman–Crippen LogP) is 4.06. The van der Waals surface area contributed by atoms with Gasteiger partial charge in [-0.3, -0.25) is 0 Å². The highest BCUT2D eigenvalue weighted by atomic mass is 35.5. The number of nitrogens with one attached hydrogen (secondary N) is 1. The minimum absolute atomic E-state index is 0.724. The maximum atomic E-state index is 5.94. The van der Waals surface area contributed by atoms with Gasteiger partial charge in [-0.2, -0.15) is 0 Å². The van der Waals surface area contributed by atoms with E-state index in [1.54, 1.807) is 22.7 Å². The van der Waals surface area contributed by atoms with Gasteiger partial charge in [-0.15, -0.1) is 11.3 Å². The Bertz CT molecular complexity index is 648. The molecule has 18 heavy (non-hydrogen) atoms. The van der Waals surface area contributed by atoms with Crippen LogP contribution >= 0.6 is 34.3 Å². The molecular weight excluding hydrogens is 286 g/mol. The molecule has 0 aliphatic carbocycles. The van der Waals surface area contributed by atoms with Crippen LogP contribution in [0.25, 0.3) is 10.2 Å². The van der Waals surface area contributed by atoms with Crippen molar-refractivity contribution in [2.24, 2.45) is 0 Å². The molecule has 3 rings (SSSR count). The number of nitrogens with zero attached hydrogens (tertiary/aromatic N) is 2. The Hall–Kier alpha value is -1.17. The molecule has 92 valence electrons. The smallest absolute Gasteiger partial charge is 0.183 e. The third kappa shape index (κ3) is 2.63. The number of rotatable bonds is 4. The van der Waals surface area contributed by atoms with Crippen LogP contribution in [0.4, 0.5) is 5.13 Å². The van der Waals surface area contributed by atoms with Crippen molar-refractivity contribution in [3.05, 3.63) is 39.8 Å². The Balaban J connectivity index is 1.67. The number of thiazole rings is 2. The summed E-state index contributed by atoms with van der Waals surface area (Å²) in [5, 5.41) is 7.05. The quantitative estimate of drug-likeness (QED) is 0.789. The van der Waals surface area contributed by atoms with E-state index >= 15 is 0 Å². The molecule has 0 aliphatic heterocycles. The fourth-order valence-corrected chi connectivity index (χ4v) is 3.27. The molecule has 0 saturated heterocycles. The highest BCUT2D eigenvalue weighted by Crippen LogP contribution is 2.27. The topological polar surface area (TPSA) is 37.8 Å². The lowest BCUT2D eigenvalue weighted by atomic mass is 10.3. The van der Waals surface area contributed by atoms with Crippen LogP contribution in [0.3, 0.4) is 0 Å². The fraction of sp³-hybridized carbons (Fsp3) is 0.167. The number of fused-ring (bicyclic) bond motifs is 1. The summed E-state index contributed by atoms with van der Waals surface area (Å²) in [6, 6.07) is 5.78. The van der Waals surface area contributed by atoms with E-state index in [1.165, 1.54) is 0 Å². The highest BCUT2D eigenvalue weighted by Gasteiger charge is 2.04. The summed E-state index contributed by atoms with van der Waals surface area (Å²) in [6.07, 6.45) is 0.917. The van der Waals surface area contributed by atoms with E-state index in [2.05, 4.69) is 20.7 Å². The maximum absolute atomic E-state index is 5.94. The van der Waals surface area contributed by atoms with Gasteiger partial charge in [0.1, 0.15) is 0 Å². The van der Waals surface area contributed by atoms with Crippen molar-refractivity contribution in [1.82, 2.24) is 9.97 Å². The van der Waals surface area contributed by atoms with Crippen LogP contribution in [0.2, 0.25) is 5.02 Å². The van der Waals surface area contributed by atoms with Crippen LogP contribution in [0.1, 0.15) is 5.69 Å². The lowest BCUT2D eigenvalue weighted by Crippen LogP contribution is -2.04. The van der Waals surface area contributed by atoms with Gasteiger partial charge in [-0.1, -0.05) is 22.9 Å². The van der Waals surface area contributed by atoms with E-state index in [9.17, 15) is 0 Å². The molecular formula is C12H10ClN3S2. The number of aromatic nitrogens is 2. The Kier molecular flexibility index (Phi) is 3.45. The summed E-state index contributed by atoms with van der Waals surface area (Å²) in [4.78, 5) is 8.74. The minimum atomic E-state index is 0.724. The van der Waals surface area contributed by atoms with Crippen molar-refractivity contribution in [3.8, 4) is 0 Å². The van der Waals surface area contributed by atoms with E-state index in [4.69, 9.17) is 11.6 Å². The van der Waals surface area contributed by atoms with Crippen LogP contribution < -0.4 is 5.32 Å². The first-order valence-electron chi connectivity index (χ1n) is 5.48. The average molecular weight is 296 g/mol. The summed E-state index contributed by atoms with van der Waals surface area (Å²) in [5.74, 6) is 0. The van der Waals surface area contributed by atoms with E-state index in [0.29, 0.717) is 0 Å². The summed E-state index contributed by atoms with van der Waals surface area (Å²) in [6.45, 7) is 0.845. The molecule has 0 fully saturated rings. The Morgan fingerprint density at radius 1 is 1.33 bits per heavy atom. The number of hydrogen-bond donors (Lipinski definition) is 1. The molecule has 3 aromatic rings. The zero-order valence-electron chi connectivity index (χ0n) is 9.39. The van der Waals surface area contributed by atoms with Crippen LogP contribution in [-0.2, 0) is 6.42 Å². The zero-order chi connectivity index (χ0) is 12.4. The van der Waals surface area contributed by atoms with Crippen molar-refractivity contribution >= 4 is 49.6 Å². The largest absolute Gasteiger partial charge is 0.361 e. The normalized spacial score (nSPS) is 10.9. The third-order valence-corrected chi connectivity index (χ3v) is 4.35. The van der Waals surface area contributed by atoms with Crippen LogP contribution in [-0.4, -0.2) is 16.5 Å². The lowest BCUT2D eigenvalue weighted by molar-refractivity contribution is 0.975. The minimum Gasteiger partial charge on any atom is -0.361 e. The molecule has 1 aromatic carbocycles. The van der Waals surface area contributed by atoms with Gasteiger partial charge in [-0.05, 0) is 18.2 Å². The van der Waals surface area contributed by atoms with E-state index < -0.39 is 0 Å². The third-order valence-electron chi connectivity index (χ3n) is 2.49. The van der Waals surface area contributed by atoms with Gasteiger partial charge in [0.15, 0.2) is 5.13 Å². The van der Waals surface area contributed by atoms with Gasteiger partial charge in [0, 0.05) is 23.4 Å². The number of hydrogen-bond acceptors (Lipinski definition) is 5. The first-order valence-corrected chi connectivity index (χ1v) is 7.62. The summed E-state index contributed by atoms with van der Waals surface area (Å²) in [5.41, 5.74) is 3.93. The van der Waals surface area contributed by atoms with Crippen molar-refractivity contribution in [2.45, 2.75) is 6.42 Å². The number of anilines is 1. The van der Waals surface area contributed by atoms with Gasteiger partial charge in [-0.25, -0.2) is 9.97 Å². The SMILES string of the molecule is Clc1ccc2sc(NCCc3cscn3)nc2c1. The van der Waals surface area contributed by atoms with Gasteiger partial charge < -0.3 is 5.32 Å². The van der Waals surface area contributed by atoms with Crippen LogP contribution in [0.15, 0.2) is 29.1 Å². The lowest BCUT2D eigenvalue weighted by Gasteiger charge is -1.99. The summed E-state index contributed by atoms with van der Waals surface area (Å²) < 4.78 is 1.15. The van der Waals surface area contributed by atoms with Gasteiger partial charge in [0.2, 0.25) is 0 Å². The average Bonchev–Trinajstić information content (AvgIpc) is 2.97. The zero-order valence-corrected chi connectivity index (χ0v) is 11.8. The molecule has 0 aliphatic rings. The standard InChI is InChI=1S/C12H10ClN3S2/c13-8-1-2-11-10(5-8)16-12(18-11)14-4-3-9-6-17-7-15-9/h1-2,5-7H,3-4H2,(H,14,16). The van der Waals surface area contributed by atoms with Crippen LogP contribution in [0, 0.1) is 0 Å². The van der Waals surface area contributed by atoms with E-state index in [0.717, 1.165) is 39.0 Å². The van der Waals surface area contributed by atoms with Crippen LogP contribution in [0.5, 0.6) is 0 Å². The molecule has 0 unspecified atom stereocenters. The molecule has 0 atom stereocenters. The van der Waals surface area contributed by atoms with Gasteiger partial charge in [0.25, 0.3) is 0 Å². The molecule has 2 heterocycles. The second-order valence-electron chi connectivity index (χ2n) is 3.79. The summed E-state index contributed by atoms with van der Waals surface area (Å²) >= 11 is 9.21. The van der Waals surface area contributed by atoms with E-state index in [-0.39, 0.29) is 0 Å². The van der Waals surface area contributed by atoms with Gasteiger partial charge >= 0.3 is 0 Å². The highest BCUT2D eigenvalue weighted by molar-refractivity contribution is 7.22. The summed E-state index contributed by atoms with van der Waals surface area (Å²) in [7, 11) is 0. The van der Waals surface area contributed by atoms with Gasteiger partial charge in [0.05, 0.1) is 21.4 Å². The molecule has 3 nitrogen and oxygen atoms in total. The number of halogens is 1. The molecule has 6 heteroatoms. The first-order chi connectivity index (χ1) is 8.81. The Labute approximate surface area is 117 Å². The monoisotopic (exact) mass is 295 g/mol. The Morgan fingerprint density at radius 2 is 2.28 bits per heavy atom. The Morgan fingerprint density at radius 3 is 3.11 bits per heavy atom. The first kappa shape index (κ1) is 11.9. The fourth-order valence-electron chi connectivity index (χ4n) is 1.63. The second-order valence-corrected chi connectivity index (χ2v) is 5.97. The second kappa shape index (κ2) is 5.22. The molecule has 2 aromatic heterocycles. The predicted molar refractivity (Wildman–Crippen MR) is 78.9 cm³/mol. The van der Waals surface area contributed by atoms with E-state index in [1.807, 2.05) is 23.7 Å². The molecule has 0 radical (unpaired) electrons. The number of benzene rings is 1. The molecule has 0 bridgehead atoms. The molecule has 0 saturated carbocycles. The molecule has 0 spiro atoms. The maximum Gasteiger partial charge on any atom is 0.183 e. The molecule has 0 amide bonds. The van der Waals surface area contributed by atoms with Crippen molar-refractivity contribution < 1.29 is 0 Å². The van der Waals surface area contributed by atoms with Crippen molar-refractivity contribution in [2.75, 3.05) is 11.9 Å². The molecule has 1 N–H and O–H groups in total. The van der Waals surface area contributed by atoms with Crippen molar-refractivity contribution in [1.29, 1.82) is 0 Å².